The molecule has 2 atom stereocenters. The van der Waals surface area contributed by atoms with Crippen LogP contribution in [0.25, 0.3) is 0 Å². The molecule has 0 saturated heterocycles. The molecule has 1 aromatic rings. The van der Waals surface area contributed by atoms with E-state index in [-0.39, 0.29) is 5.82 Å². The third-order valence-corrected chi connectivity index (χ3v) is 3.96. The molecule has 1 aliphatic carbocycles. The molecular weight excluding hydrogens is 229 g/mol. The Hall–Kier alpha value is -1.19. The summed E-state index contributed by atoms with van der Waals surface area (Å²) in [6.07, 6.45) is 6.25. The summed E-state index contributed by atoms with van der Waals surface area (Å²) in [5, 5.41) is 3.30. The van der Waals surface area contributed by atoms with Gasteiger partial charge in [-0.25, -0.2) is 14.4 Å². The second-order valence-electron chi connectivity index (χ2n) is 5.56. The first-order chi connectivity index (χ1) is 8.59. The molecule has 4 heteroatoms. The average molecular weight is 251 g/mol. The minimum absolute atomic E-state index is 0.314. The summed E-state index contributed by atoms with van der Waals surface area (Å²) < 4.78 is 13.9. The molecule has 1 saturated carbocycles. The SMILES string of the molecule is Cc1ncnc(NC2CCCCC2C(C)C)c1F. The third-order valence-electron chi connectivity index (χ3n) is 3.96. The summed E-state index contributed by atoms with van der Waals surface area (Å²) in [5.41, 5.74) is 0.407. The first-order valence-corrected chi connectivity index (χ1v) is 6.83. The summed E-state index contributed by atoms with van der Waals surface area (Å²) in [5.74, 6) is 1.27. The van der Waals surface area contributed by atoms with E-state index in [0.29, 0.717) is 29.4 Å². The molecule has 1 aromatic heterocycles. The van der Waals surface area contributed by atoms with Gasteiger partial charge in [0.15, 0.2) is 11.6 Å². The maximum Gasteiger partial charge on any atom is 0.186 e. The van der Waals surface area contributed by atoms with Crippen LogP contribution < -0.4 is 5.32 Å². The summed E-state index contributed by atoms with van der Waals surface area (Å²) in [4.78, 5) is 7.89. The summed E-state index contributed by atoms with van der Waals surface area (Å²) in [6, 6.07) is 0.336. The van der Waals surface area contributed by atoms with E-state index in [0.717, 1.165) is 6.42 Å². The van der Waals surface area contributed by atoms with Crippen LogP contribution in [-0.2, 0) is 0 Å². The second-order valence-corrected chi connectivity index (χ2v) is 5.56. The van der Waals surface area contributed by atoms with Crippen molar-refractivity contribution in [1.29, 1.82) is 0 Å². The van der Waals surface area contributed by atoms with Crippen molar-refractivity contribution in [2.24, 2.45) is 11.8 Å². The van der Waals surface area contributed by atoms with E-state index in [4.69, 9.17) is 0 Å². The van der Waals surface area contributed by atoms with Crippen LogP contribution in [0.15, 0.2) is 6.33 Å². The van der Waals surface area contributed by atoms with Crippen LogP contribution in [0.4, 0.5) is 10.2 Å². The van der Waals surface area contributed by atoms with Crippen LogP contribution in [0, 0.1) is 24.6 Å². The number of rotatable bonds is 3. The monoisotopic (exact) mass is 251 g/mol. The van der Waals surface area contributed by atoms with E-state index in [2.05, 4.69) is 29.1 Å². The molecule has 0 aromatic carbocycles. The van der Waals surface area contributed by atoms with Gasteiger partial charge in [-0.3, -0.25) is 0 Å². The number of anilines is 1. The molecule has 2 unspecified atom stereocenters. The number of aryl methyl sites for hydroxylation is 1. The van der Waals surface area contributed by atoms with E-state index < -0.39 is 0 Å². The van der Waals surface area contributed by atoms with E-state index in [9.17, 15) is 4.39 Å². The Morgan fingerprint density at radius 2 is 2.00 bits per heavy atom. The van der Waals surface area contributed by atoms with E-state index >= 15 is 0 Å². The Kier molecular flexibility index (Phi) is 4.15. The van der Waals surface area contributed by atoms with Crippen molar-refractivity contribution in [1.82, 2.24) is 9.97 Å². The molecule has 0 radical (unpaired) electrons. The Morgan fingerprint density at radius 3 is 2.72 bits per heavy atom. The van der Waals surface area contributed by atoms with Crippen molar-refractivity contribution in [2.45, 2.75) is 52.5 Å². The fourth-order valence-electron chi connectivity index (χ4n) is 2.87. The second kappa shape index (κ2) is 5.63. The zero-order valence-electron chi connectivity index (χ0n) is 11.4. The van der Waals surface area contributed by atoms with E-state index in [1.165, 1.54) is 25.6 Å². The number of halogens is 1. The molecule has 18 heavy (non-hydrogen) atoms. The van der Waals surface area contributed by atoms with Gasteiger partial charge in [-0.15, -0.1) is 0 Å². The normalized spacial score (nSPS) is 24.3. The smallest absolute Gasteiger partial charge is 0.186 e. The van der Waals surface area contributed by atoms with Crippen molar-refractivity contribution in [2.75, 3.05) is 5.32 Å². The zero-order valence-corrected chi connectivity index (χ0v) is 11.4. The van der Waals surface area contributed by atoms with Gasteiger partial charge in [0.1, 0.15) is 6.33 Å². The van der Waals surface area contributed by atoms with Crippen molar-refractivity contribution in [3.05, 3.63) is 17.8 Å². The van der Waals surface area contributed by atoms with Crippen LogP contribution in [0.3, 0.4) is 0 Å². The number of hydrogen-bond acceptors (Lipinski definition) is 3. The highest BCUT2D eigenvalue weighted by Gasteiger charge is 2.28. The Labute approximate surface area is 108 Å². The third kappa shape index (κ3) is 2.79. The number of nitrogens with one attached hydrogen (secondary N) is 1. The zero-order chi connectivity index (χ0) is 13.1. The first-order valence-electron chi connectivity index (χ1n) is 6.83. The Bertz CT molecular complexity index is 406. The fourth-order valence-corrected chi connectivity index (χ4v) is 2.87. The Morgan fingerprint density at radius 1 is 1.28 bits per heavy atom. The molecule has 3 nitrogen and oxygen atoms in total. The number of nitrogens with zero attached hydrogens (tertiary/aromatic N) is 2. The predicted molar refractivity (Wildman–Crippen MR) is 70.9 cm³/mol. The topological polar surface area (TPSA) is 37.8 Å². The summed E-state index contributed by atoms with van der Waals surface area (Å²) in [7, 11) is 0. The highest BCUT2D eigenvalue weighted by molar-refractivity contribution is 5.38. The fraction of sp³-hybridized carbons (Fsp3) is 0.714. The quantitative estimate of drug-likeness (QED) is 0.892. The van der Waals surface area contributed by atoms with Crippen molar-refractivity contribution < 1.29 is 4.39 Å². The Balaban J connectivity index is 2.13. The van der Waals surface area contributed by atoms with Crippen molar-refractivity contribution in [3.8, 4) is 0 Å². The van der Waals surface area contributed by atoms with Gasteiger partial charge >= 0.3 is 0 Å². The maximum absolute atomic E-state index is 13.9. The van der Waals surface area contributed by atoms with Crippen LogP contribution in [0.5, 0.6) is 0 Å². The maximum atomic E-state index is 13.9. The standard InChI is InChI=1S/C14H22FN3/c1-9(2)11-6-4-5-7-12(11)18-14-13(15)10(3)16-8-17-14/h8-9,11-12H,4-7H2,1-3H3,(H,16,17,18). The minimum atomic E-state index is -0.314. The highest BCUT2D eigenvalue weighted by atomic mass is 19.1. The van der Waals surface area contributed by atoms with Crippen LogP contribution >= 0.6 is 0 Å². The lowest BCUT2D eigenvalue weighted by atomic mass is 9.78. The predicted octanol–water partition coefficient (Wildman–Crippen LogP) is 3.55. The lowest BCUT2D eigenvalue weighted by molar-refractivity contribution is 0.253. The van der Waals surface area contributed by atoms with Crippen LogP contribution in [0.1, 0.15) is 45.2 Å². The van der Waals surface area contributed by atoms with Crippen LogP contribution in [-0.4, -0.2) is 16.0 Å². The minimum Gasteiger partial charge on any atom is -0.365 e. The van der Waals surface area contributed by atoms with Crippen LogP contribution in [0.2, 0.25) is 0 Å². The number of aromatic nitrogens is 2. The summed E-state index contributed by atoms with van der Waals surface area (Å²) >= 11 is 0. The lowest BCUT2D eigenvalue weighted by Gasteiger charge is -2.35. The lowest BCUT2D eigenvalue weighted by Crippen LogP contribution is -2.35. The molecule has 0 amide bonds. The molecular formula is C14H22FN3. The van der Waals surface area contributed by atoms with E-state index in [1.807, 2.05) is 0 Å². The first kappa shape index (κ1) is 13.2. The van der Waals surface area contributed by atoms with Crippen molar-refractivity contribution >= 4 is 5.82 Å². The largest absolute Gasteiger partial charge is 0.365 e. The molecule has 2 rings (SSSR count). The molecule has 1 N–H and O–H groups in total. The molecule has 1 aliphatic rings. The van der Waals surface area contributed by atoms with Crippen molar-refractivity contribution in [3.63, 3.8) is 0 Å². The molecule has 1 heterocycles. The molecule has 100 valence electrons. The molecule has 0 bridgehead atoms. The molecule has 0 spiro atoms. The van der Waals surface area contributed by atoms with Gasteiger partial charge in [-0.1, -0.05) is 26.7 Å². The van der Waals surface area contributed by atoms with Gasteiger partial charge < -0.3 is 5.32 Å². The van der Waals surface area contributed by atoms with Gasteiger partial charge in [-0.05, 0) is 31.6 Å². The highest BCUT2D eigenvalue weighted by Crippen LogP contribution is 2.32. The molecule has 1 fully saturated rings. The molecule has 0 aliphatic heterocycles. The van der Waals surface area contributed by atoms with Gasteiger partial charge in [0.2, 0.25) is 0 Å². The van der Waals surface area contributed by atoms with Gasteiger partial charge in [0, 0.05) is 6.04 Å². The van der Waals surface area contributed by atoms with E-state index in [1.54, 1.807) is 6.92 Å². The average Bonchev–Trinajstić information content (AvgIpc) is 2.35. The van der Waals surface area contributed by atoms with Gasteiger partial charge in [-0.2, -0.15) is 0 Å². The number of hydrogen-bond donors (Lipinski definition) is 1. The van der Waals surface area contributed by atoms with Gasteiger partial charge in [0.25, 0.3) is 0 Å². The summed E-state index contributed by atoms with van der Waals surface area (Å²) in [6.45, 7) is 6.15. The van der Waals surface area contributed by atoms with Gasteiger partial charge in [0.05, 0.1) is 5.69 Å².